The molecule has 26 heavy (non-hydrogen) atoms. The van der Waals surface area contributed by atoms with Gasteiger partial charge in [-0.2, -0.15) is 0 Å². The van der Waals surface area contributed by atoms with Gasteiger partial charge in [0, 0.05) is 36.4 Å². The minimum Gasteiger partial charge on any atom is -0.385 e. The van der Waals surface area contributed by atoms with Crippen LogP contribution in [0, 0.1) is 0 Å². The van der Waals surface area contributed by atoms with E-state index in [1.54, 1.807) is 31.4 Å². The molecular formula is C17H20ClN3O3S2. The number of thioether (sulfide) groups is 1. The van der Waals surface area contributed by atoms with Crippen LogP contribution in [0.25, 0.3) is 0 Å². The van der Waals surface area contributed by atoms with Crippen molar-refractivity contribution in [3.8, 4) is 0 Å². The molecule has 0 radical (unpaired) electrons. The highest BCUT2D eigenvalue weighted by atomic mass is 35.5. The highest BCUT2D eigenvalue weighted by Gasteiger charge is 2.10. The predicted octanol–water partition coefficient (Wildman–Crippen LogP) is 3.22. The Bertz CT molecular complexity index is 722. The van der Waals surface area contributed by atoms with Crippen LogP contribution in [-0.2, 0) is 20.7 Å². The standard InChI is InChI=1S/C17H20ClN3O3S2/c1-24-8-2-7-19-15(22)9-14-10-25-17(21-14)26-11-16(23)20-13-5-3-12(18)4-6-13/h3-6,10H,2,7-9,11H2,1H3,(H,19,22)(H,20,23). The Morgan fingerprint density at radius 3 is 2.77 bits per heavy atom. The zero-order valence-corrected chi connectivity index (χ0v) is 16.7. The lowest BCUT2D eigenvalue weighted by atomic mass is 10.3. The normalized spacial score (nSPS) is 10.5. The number of hydrogen-bond acceptors (Lipinski definition) is 6. The molecule has 0 bridgehead atoms. The number of halogens is 1. The maximum Gasteiger partial charge on any atom is 0.234 e. The van der Waals surface area contributed by atoms with Crippen LogP contribution in [0.2, 0.25) is 5.02 Å². The first kappa shape index (κ1) is 20.7. The zero-order valence-electron chi connectivity index (χ0n) is 14.3. The second-order valence-corrected chi connectivity index (χ2v) is 7.84. The summed E-state index contributed by atoms with van der Waals surface area (Å²) < 4.78 is 5.69. The highest BCUT2D eigenvalue weighted by Crippen LogP contribution is 2.23. The van der Waals surface area contributed by atoms with Crippen LogP contribution in [0.3, 0.4) is 0 Å². The topological polar surface area (TPSA) is 80.3 Å². The summed E-state index contributed by atoms with van der Waals surface area (Å²) >= 11 is 8.58. The lowest BCUT2D eigenvalue weighted by Gasteiger charge is -2.04. The molecule has 0 aliphatic heterocycles. The fourth-order valence-electron chi connectivity index (χ4n) is 1.96. The summed E-state index contributed by atoms with van der Waals surface area (Å²) in [5, 5.41) is 8.08. The van der Waals surface area contributed by atoms with E-state index in [1.165, 1.54) is 23.1 Å². The van der Waals surface area contributed by atoms with E-state index in [0.29, 0.717) is 29.6 Å². The first-order valence-corrected chi connectivity index (χ1v) is 10.2. The molecular weight excluding hydrogens is 394 g/mol. The number of amides is 2. The van der Waals surface area contributed by atoms with E-state index in [-0.39, 0.29) is 24.0 Å². The molecule has 0 aliphatic carbocycles. The molecule has 0 saturated heterocycles. The van der Waals surface area contributed by atoms with Crippen LogP contribution >= 0.6 is 34.7 Å². The van der Waals surface area contributed by atoms with Gasteiger partial charge in [-0.15, -0.1) is 11.3 Å². The van der Waals surface area contributed by atoms with Gasteiger partial charge in [0.05, 0.1) is 17.9 Å². The minimum atomic E-state index is -0.120. The summed E-state index contributed by atoms with van der Waals surface area (Å²) in [6.45, 7) is 1.21. The van der Waals surface area contributed by atoms with E-state index in [1.807, 2.05) is 5.38 Å². The van der Waals surface area contributed by atoms with E-state index < -0.39 is 0 Å². The van der Waals surface area contributed by atoms with Gasteiger partial charge in [0.2, 0.25) is 11.8 Å². The number of rotatable bonds is 10. The summed E-state index contributed by atoms with van der Waals surface area (Å²) in [6.07, 6.45) is 1.02. The lowest BCUT2D eigenvalue weighted by molar-refractivity contribution is -0.120. The van der Waals surface area contributed by atoms with Gasteiger partial charge in [0.25, 0.3) is 0 Å². The van der Waals surface area contributed by atoms with Gasteiger partial charge in [-0.25, -0.2) is 4.98 Å². The Balaban J connectivity index is 1.71. The first-order chi connectivity index (χ1) is 12.6. The number of methoxy groups -OCH3 is 1. The van der Waals surface area contributed by atoms with Gasteiger partial charge < -0.3 is 15.4 Å². The molecule has 9 heteroatoms. The van der Waals surface area contributed by atoms with Crippen molar-refractivity contribution in [3.63, 3.8) is 0 Å². The van der Waals surface area contributed by atoms with Crippen LogP contribution in [0.5, 0.6) is 0 Å². The molecule has 0 saturated carbocycles. The van der Waals surface area contributed by atoms with E-state index >= 15 is 0 Å². The fraction of sp³-hybridized carbons (Fsp3) is 0.353. The molecule has 1 aromatic heterocycles. The van der Waals surface area contributed by atoms with Gasteiger partial charge in [0.1, 0.15) is 0 Å². The van der Waals surface area contributed by atoms with Crippen LogP contribution in [-0.4, -0.2) is 42.8 Å². The van der Waals surface area contributed by atoms with Gasteiger partial charge >= 0.3 is 0 Å². The summed E-state index contributed by atoms with van der Waals surface area (Å²) in [7, 11) is 1.63. The molecule has 0 unspecified atom stereocenters. The smallest absolute Gasteiger partial charge is 0.234 e. The number of ether oxygens (including phenoxy) is 1. The monoisotopic (exact) mass is 413 g/mol. The number of hydrogen-bond donors (Lipinski definition) is 2. The molecule has 0 aliphatic rings. The Labute approximate surface area is 165 Å². The van der Waals surface area contributed by atoms with Crippen LogP contribution in [0.4, 0.5) is 5.69 Å². The number of aromatic nitrogens is 1. The maximum absolute atomic E-state index is 12.0. The molecule has 1 heterocycles. The van der Waals surface area contributed by atoms with Crippen molar-refractivity contribution in [2.75, 3.05) is 31.3 Å². The number of nitrogens with one attached hydrogen (secondary N) is 2. The molecule has 0 spiro atoms. The fourth-order valence-corrected chi connectivity index (χ4v) is 3.74. The lowest BCUT2D eigenvalue weighted by Crippen LogP contribution is -2.26. The zero-order chi connectivity index (χ0) is 18.8. The number of nitrogens with zero attached hydrogens (tertiary/aromatic N) is 1. The van der Waals surface area contributed by atoms with E-state index in [0.717, 1.165) is 10.8 Å². The summed E-state index contributed by atoms with van der Waals surface area (Å²) in [6, 6.07) is 6.94. The van der Waals surface area contributed by atoms with Crippen molar-refractivity contribution in [3.05, 3.63) is 40.4 Å². The van der Waals surface area contributed by atoms with Crippen molar-refractivity contribution >= 4 is 52.2 Å². The molecule has 140 valence electrons. The maximum atomic E-state index is 12.0. The third kappa shape index (κ3) is 7.74. The van der Waals surface area contributed by atoms with Crippen LogP contribution in [0.1, 0.15) is 12.1 Å². The average Bonchev–Trinajstić information content (AvgIpc) is 3.06. The Morgan fingerprint density at radius 1 is 1.27 bits per heavy atom. The summed E-state index contributed by atoms with van der Waals surface area (Å²) in [5.41, 5.74) is 1.41. The second-order valence-electron chi connectivity index (χ2n) is 5.32. The molecule has 2 amide bonds. The Morgan fingerprint density at radius 2 is 2.04 bits per heavy atom. The quantitative estimate of drug-likeness (QED) is 0.461. The molecule has 2 N–H and O–H groups in total. The van der Waals surface area contributed by atoms with Crippen LogP contribution < -0.4 is 10.6 Å². The van der Waals surface area contributed by atoms with Crippen molar-refractivity contribution < 1.29 is 14.3 Å². The summed E-state index contributed by atoms with van der Waals surface area (Å²) in [4.78, 5) is 28.2. The third-order valence-corrected chi connectivity index (χ3v) is 5.50. The summed E-state index contributed by atoms with van der Waals surface area (Å²) in [5.74, 6) is 0.0621. The van der Waals surface area contributed by atoms with Crippen molar-refractivity contribution in [1.29, 1.82) is 0 Å². The number of carbonyl (C=O) groups is 2. The Hall–Kier alpha value is -1.61. The largest absolute Gasteiger partial charge is 0.385 e. The number of carbonyl (C=O) groups excluding carboxylic acids is 2. The molecule has 0 atom stereocenters. The third-order valence-electron chi connectivity index (χ3n) is 3.17. The SMILES string of the molecule is COCCCNC(=O)Cc1csc(SCC(=O)Nc2ccc(Cl)cc2)n1. The Kier molecular flexibility index (Phi) is 8.90. The molecule has 0 fully saturated rings. The van der Waals surface area contributed by atoms with Gasteiger partial charge in [-0.05, 0) is 30.7 Å². The molecule has 2 rings (SSSR count). The van der Waals surface area contributed by atoms with Crippen LogP contribution in [0.15, 0.2) is 34.0 Å². The average molecular weight is 414 g/mol. The van der Waals surface area contributed by atoms with E-state index in [4.69, 9.17) is 16.3 Å². The number of benzene rings is 1. The van der Waals surface area contributed by atoms with Gasteiger partial charge in [-0.3, -0.25) is 9.59 Å². The molecule has 1 aromatic carbocycles. The number of thiazole rings is 1. The first-order valence-electron chi connectivity index (χ1n) is 7.95. The molecule has 6 nitrogen and oxygen atoms in total. The van der Waals surface area contributed by atoms with E-state index in [2.05, 4.69) is 15.6 Å². The van der Waals surface area contributed by atoms with Crippen molar-refractivity contribution in [2.24, 2.45) is 0 Å². The second kappa shape index (κ2) is 11.2. The molecule has 2 aromatic rings. The predicted molar refractivity (Wildman–Crippen MR) is 106 cm³/mol. The van der Waals surface area contributed by atoms with E-state index in [9.17, 15) is 9.59 Å². The van der Waals surface area contributed by atoms with Gasteiger partial charge in [0.15, 0.2) is 4.34 Å². The van der Waals surface area contributed by atoms with Crippen molar-refractivity contribution in [2.45, 2.75) is 17.2 Å². The number of anilines is 1. The van der Waals surface area contributed by atoms with Gasteiger partial charge in [-0.1, -0.05) is 23.4 Å². The minimum absolute atomic E-state index is 0.0663. The highest BCUT2D eigenvalue weighted by molar-refractivity contribution is 8.01. The van der Waals surface area contributed by atoms with Crippen molar-refractivity contribution in [1.82, 2.24) is 10.3 Å².